The lowest BCUT2D eigenvalue weighted by atomic mass is 9.72. The topological polar surface area (TPSA) is 228 Å². The number of benzene rings is 2. The van der Waals surface area contributed by atoms with E-state index in [0.717, 1.165) is 36.6 Å². The lowest BCUT2D eigenvalue weighted by molar-refractivity contribution is -0.236. The molecule has 1 aliphatic carbocycles. The third-order valence-electron chi connectivity index (χ3n) is 13.8. The van der Waals surface area contributed by atoms with E-state index in [1.807, 2.05) is 63.2 Å². The van der Waals surface area contributed by atoms with Crippen LogP contribution in [-0.2, 0) is 58.8 Å². The van der Waals surface area contributed by atoms with E-state index in [2.05, 4.69) is 25.8 Å². The minimum absolute atomic E-state index is 0.0365. The van der Waals surface area contributed by atoms with E-state index in [-0.39, 0.29) is 31.2 Å². The number of likely N-dealkylation sites (tertiary alicyclic amines) is 1. The SMILES string of the molecule is CC(C)(C)NC(=O)[C@@H]1C[C@@H]2CCCC[C@@H]2CN1C[C@@H](OC(=O)CO[C@@H]1[C@H]2OC(C)(C)O[C@H]2O[C@@H]1[C@H]1COC(C)(C)O1)[C@H](Cc1ccccc1)NC(=O)[C@H](CC(N)=O)NC(=O)c1ccc2ccccc2n1. The first-order chi connectivity index (χ1) is 33.2. The quantitative estimate of drug-likeness (QED) is 0.140. The van der Waals surface area contributed by atoms with E-state index in [9.17, 15) is 24.0 Å². The summed E-state index contributed by atoms with van der Waals surface area (Å²) >= 11 is 0. The van der Waals surface area contributed by atoms with Crippen LogP contribution in [0, 0.1) is 11.8 Å². The molecule has 3 aromatic rings. The summed E-state index contributed by atoms with van der Waals surface area (Å²) in [7, 11) is 0. The zero-order valence-corrected chi connectivity index (χ0v) is 41.4. The summed E-state index contributed by atoms with van der Waals surface area (Å²) in [5.41, 5.74) is 6.60. The van der Waals surface area contributed by atoms with E-state index >= 15 is 0 Å². The van der Waals surface area contributed by atoms with Crippen molar-refractivity contribution in [2.24, 2.45) is 17.6 Å². The number of piperidine rings is 1. The minimum atomic E-state index is -1.43. The van der Waals surface area contributed by atoms with Crippen LogP contribution >= 0.6 is 0 Å². The van der Waals surface area contributed by atoms with Gasteiger partial charge in [0.1, 0.15) is 48.9 Å². The summed E-state index contributed by atoms with van der Waals surface area (Å²) in [6.45, 7) is 13.2. The van der Waals surface area contributed by atoms with Gasteiger partial charge in [-0.25, -0.2) is 9.78 Å². The van der Waals surface area contributed by atoms with Gasteiger partial charge < -0.3 is 54.8 Å². The largest absolute Gasteiger partial charge is 0.457 e. The Morgan fingerprint density at radius 1 is 0.871 bits per heavy atom. The first-order valence-corrected chi connectivity index (χ1v) is 24.7. The molecule has 5 fully saturated rings. The lowest BCUT2D eigenvalue weighted by Gasteiger charge is -2.47. The molecule has 0 spiro atoms. The number of esters is 1. The van der Waals surface area contributed by atoms with E-state index in [4.69, 9.17) is 38.9 Å². The molecule has 8 rings (SSSR count). The number of nitrogens with zero attached hydrogens (tertiary/aromatic N) is 2. The Kier molecular flexibility index (Phi) is 15.6. The van der Waals surface area contributed by atoms with Crippen LogP contribution in [0.25, 0.3) is 10.9 Å². The smallest absolute Gasteiger partial charge is 0.332 e. The number of pyridine rings is 1. The van der Waals surface area contributed by atoms with Crippen LogP contribution in [0.3, 0.4) is 0 Å². The number of hydrogen-bond donors (Lipinski definition) is 4. The monoisotopic (exact) mass is 971 g/mol. The summed E-state index contributed by atoms with van der Waals surface area (Å²) in [6, 6.07) is 17.0. The van der Waals surface area contributed by atoms with Gasteiger partial charge in [0.05, 0.1) is 30.6 Å². The molecule has 1 saturated carbocycles. The van der Waals surface area contributed by atoms with Crippen molar-refractivity contribution in [1.82, 2.24) is 25.8 Å². The van der Waals surface area contributed by atoms with Gasteiger partial charge in [-0.3, -0.25) is 24.1 Å². The van der Waals surface area contributed by atoms with Crippen molar-refractivity contribution < 1.29 is 57.1 Å². The zero-order valence-electron chi connectivity index (χ0n) is 41.4. The summed E-state index contributed by atoms with van der Waals surface area (Å²) in [4.78, 5) is 76.4. The second-order valence-corrected chi connectivity index (χ2v) is 21.4. The second-order valence-electron chi connectivity index (χ2n) is 21.4. The highest BCUT2D eigenvalue weighted by molar-refractivity contribution is 5.99. The van der Waals surface area contributed by atoms with Gasteiger partial charge >= 0.3 is 5.97 Å². The maximum atomic E-state index is 14.7. The standard InChI is InChI=1S/C52H70N6O12/c1-50(2,3)57-48(63)38-24-32-18-11-12-19-33(32)26-58(38)27-39(66-42(60)29-64-44-43(40-28-65-51(4,5)68-40)67-49-45(44)69-52(6,7)70-49)36(23-30-15-9-8-10-16-30)55-47(62)37(25-41(53)59)56-46(61)35-22-21-31-17-13-14-20-34(31)54-35/h8-10,13-17,20-22,32-33,36-40,43-45,49H,11-12,18-19,23-29H2,1-7H3,(H2,53,59)(H,55,62)(H,56,61)(H,57,63)/t32-,33+,36-,37-,38-,39+,40+,43+,44-,45+,49+/m0/s1. The van der Waals surface area contributed by atoms with Gasteiger partial charge in [-0.1, -0.05) is 73.9 Å². The molecule has 2 aromatic carbocycles. The Bertz CT molecular complexity index is 2360. The summed E-state index contributed by atoms with van der Waals surface area (Å²) in [5, 5.41) is 9.76. The Labute approximate surface area is 409 Å². The number of nitrogens with two attached hydrogens (primary N) is 1. The molecule has 0 bridgehead atoms. The number of aromatic nitrogens is 1. The number of amides is 4. The van der Waals surface area contributed by atoms with E-state index in [1.165, 1.54) is 6.07 Å². The van der Waals surface area contributed by atoms with E-state index in [1.54, 1.807) is 45.9 Å². The fraction of sp³-hybridized carbons (Fsp3) is 0.615. The van der Waals surface area contributed by atoms with Crippen LogP contribution < -0.4 is 21.7 Å². The molecule has 0 radical (unpaired) electrons. The number of carbonyl (C=O) groups is 5. The van der Waals surface area contributed by atoms with Crippen molar-refractivity contribution in [2.45, 2.75) is 165 Å². The van der Waals surface area contributed by atoms with Crippen LogP contribution in [0.1, 0.15) is 103 Å². The van der Waals surface area contributed by atoms with Gasteiger partial charge in [0.2, 0.25) is 17.7 Å². The van der Waals surface area contributed by atoms with Crippen molar-refractivity contribution in [1.29, 1.82) is 0 Å². The molecule has 1 aromatic heterocycles. The Balaban J connectivity index is 1.10. The third kappa shape index (κ3) is 12.9. The Morgan fingerprint density at radius 3 is 2.31 bits per heavy atom. The number of carbonyl (C=O) groups excluding carboxylic acids is 5. The van der Waals surface area contributed by atoms with E-state index < -0.39 is 109 Å². The van der Waals surface area contributed by atoms with Crippen molar-refractivity contribution in [3.05, 3.63) is 78.0 Å². The molecule has 18 nitrogen and oxygen atoms in total. The van der Waals surface area contributed by atoms with Crippen molar-refractivity contribution in [3.8, 4) is 0 Å². The predicted octanol–water partition coefficient (Wildman–Crippen LogP) is 4.06. The number of hydrogen-bond acceptors (Lipinski definition) is 14. The third-order valence-corrected chi connectivity index (χ3v) is 13.8. The zero-order chi connectivity index (χ0) is 50.0. The number of primary amides is 1. The predicted molar refractivity (Wildman–Crippen MR) is 255 cm³/mol. The summed E-state index contributed by atoms with van der Waals surface area (Å²) in [6.07, 6.45) is -0.259. The maximum Gasteiger partial charge on any atom is 0.332 e. The molecule has 5 aliphatic rings. The fourth-order valence-corrected chi connectivity index (χ4v) is 10.6. The molecule has 5 N–H and O–H groups in total. The van der Waals surface area contributed by atoms with Crippen LogP contribution in [0.15, 0.2) is 66.7 Å². The van der Waals surface area contributed by atoms with Crippen LogP contribution in [-0.4, -0.2) is 138 Å². The van der Waals surface area contributed by atoms with Gasteiger partial charge in [-0.2, -0.15) is 0 Å². The molecular formula is C52H70N6O12. The number of rotatable bonds is 17. The van der Waals surface area contributed by atoms with Gasteiger partial charge in [0.25, 0.3) is 5.91 Å². The van der Waals surface area contributed by atoms with Gasteiger partial charge in [0, 0.05) is 24.0 Å². The molecule has 11 atom stereocenters. The highest BCUT2D eigenvalue weighted by Gasteiger charge is 2.59. The average molecular weight is 971 g/mol. The molecule has 4 saturated heterocycles. The van der Waals surface area contributed by atoms with Crippen molar-refractivity contribution in [3.63, 3.8) is 0 Å². The molecule has 70 heavy (non-hydrogen) atoms. The van der Waals surface area contributed by atoms with Crippen LogP contribution in [0.2, 0.25) is 0 Å². The molecular weight excluding hydrogens is 901 g/mol. The molecule has 0 unspecified atom stereocenters. The summed E-state index contributed by atoms with van der Waals surface area (Å²) < 4.78 is 43.6. The normalized spacial score (nSPS) is 28.4. The van der Waals surface area contributed by atoms with Crippen LogP contribution in [0.4, 0.5) is 0 Å². The van der Waals surface area contributed by atoms with E-state index in [0.29, 0.717) is 30.3 Å². The first kappa shape index (κ1) is 51.3. The highest BCUT2D eigenvalue weighted by Crippen LogP contribution is 2.42. The minimum Gasteiger partial charge on any atom is -0.457 e. The maximum absolute atomic E-state index is 14.7. The number of para-hydroxylation sites is 1. The number of ether oxygens (including phenoxy) is 7. The highest BCUT2D eigenvalue weighted by atomic mass is 16.8. The van der Waals surface area contributed by atoms with Crippen molar-refractivity contribution >= 4 is 40.5 Å². The molecule has 4 amide bonds. The second kappa shape index (κ2) is 21.3. The Hall–Kier alpha value is -5.08. The van der Waals surface area contributed by atoms with Gasteiger partial charge in [-0.15, -0.1) is 0 Å². The molecule has 4 aliphatic heterocycles. The van der Waals surface area contributed by atoms with Gasteiger partial charge in [-0.05, 0) is 97.3 Å². The average Bonchev–Trinajstić information content (AvgIpc) is 3.94. The van der Waals surface area contributed by atoms with Crippen LogP contribution in [0.5, 0.6) is 0 Å². The number of fused-ring (bicyclic) bond motifs is 3. The Morgan fingerprint density at radius 2 is 1.60 bits per heavy atom. The lowest BCUT2D eigenvalue weighted by Crippen LogP contribution is -2.61. The number of nitrogens with one attached hydrogen (secondary N) is 3. The summed E-state index contributed by atoms with van der Waals surface area (Å²) in [5.74, 6) is -4.34. The fourth-order valence-electron chi connectivity index (χ4n) is 10.6. The van der Waals surface area contributed by atoms with Crippen molar-refractivity contribution in [2.75, 3.05) is 26.3 Å². The van der Waals surface area contributed by atoms with Gasteiger partial charge in [0.15, 0.2) is 17.9 Å². The first-order valence-electron chi connectivity index (χ1n) is 24.7. The molecule has 5 heterocycles. The molecule has 18 heteroatoms. The molecule has 380 valence electrons.